The topological polar surface area (TPSA) is 58.6 Å². The van der Waals surface area contributed by atoms with Gasteiger partial charge < -0.3 is 15.0 Å². The number of nitrogens with zero attached hydrogens (tertiary/aromatic N) is 1. The first-order chi connectivity index (χ1) is 11.1. The summed E-state index contributed by atoms with van der Waals surface area (Å²) in [6.07, 6.45) is 0. The molecule has 0 aromatic heterocycles. The Kier molecular flexibility index (Phi) is 7.55. The molecule has 0 radical (unpaired) electrons. The molecule has 24 heavy (non-hydrogen) atoms. The highest BCUT2D eigenvalue weighted by Gasteiger charge is 2.24. The standard InChI is InChI=1S/C18H27ClN2O3/c1-11(2)9-21(10-12(3)4)18(23)17(22)20-15-7-13(5)14(19)8-16(15)24-6/h7-8,11-12H,9-10H2,1-6H3,(H,20,22). The molecule has 1 rings (SSSR count). The van der Waals surface area contributed by atoms with Crippen molar-refractivity contribution in [1.82, 2.24) is 4.90 Å². The number of hydrogen-bond donors (Lipinski definition) is 1. The number of ether oxygens (including phenoxy) is 1. The van der Waals surface area contributed by atoms with E-state index in [1.165, 1.54) is 7.11 Å². The highest BCUT2D eigenvalue weighted by Crippen LogP contribution is 2.30. The highest BCUT2D eigenvalue weighted by atomic mass is 35.5. The first-order valence-electron chi connectivity index (χ1n) is 8.10. The van der Waals surface area contributed by atoms with E-state index in [4.69, 9.17) is 16.3 Å². The fourth-order valence-corrected chi connectivity index (χ4v) is 2.52. The zero-order chi connectivity index (χ0) is 18.4. The summed E-state index contributed by atoms with van der Waals surface area (Å²) in [5.41, 5.74) is 1.23. The van der Waals surface area contributed by atoms with E-state index < -0.39 is 11.8 Å². The number of benzene rings is 1. The number of hydrogen-bond acceptors (Lipinski definition) is 3. The third kappa shape index (κ3) is 5.71. The van der Waals surface area contributed by atoms with Crippen molar-refractivity contribution in [2.45, 2.75) is 34.6 Å². The van der Waals surface area contributed by atoms with Crippen LogP contribution in [0.4, 0.5) is 5.69 Å². The quantitative estimate of drug-likeness (QED) is 0.792. The molecule has 0 saturated heterocycles. The van der Waals surface area contributed by atoms with Crippen LogP contribution < -0.4 is 10.1 Å². The molecule has 2 amide bonds. The Bertz CT molecular complexity index is 590. The maximum absolute atomic E-state index is 12.5. The summed E-state index contributed by atoms with van der Waals surface area (Å²) in [5.74, 6) is -0.213. The minimum absolute atomic E-state index is 0.285. The van der Waals surface area contributed by atoms with E-state index in [9.17, 15) is 9.59 Å². The molecule has 5 nitrogen and oxygen atoms in total. The second kappa shape index (κ2) is 8.92. The van der Waals surface area contributed by atoms with Crippen LogP contribution in [0.3, 0.4) is 0 Å². The Hall–Kier alpha value is -1.75. The molecule has 0 unspecified atom stereocenters. The van der Waals surface area contributed by atoms with E-state index in [2.05, 4.69) is 5.32 Å². The Morgan fingerprint density at radius 3 is 2.17 bits per heavy atom. The molecule has 0 aliphatic rings. The minimum atomic E-state index is -0.670. The molecule has 0 fully saturated rings. The molecule has 0 bridgehead atoms. The number of anilines is 1. The maximum atomic E-state index is 12.5. The smallest absolute Gasteiger partial charge is 0.314 e. The van der Waals surface area contributed by atoms with Crippen LogP contribution in [0.2, 0.25) is 5.02 Å². The van der Waals surface area contributed by atoms with Crippen molar-refractivity contribution in [3.8, 4) is 5.75 Å². The van der Waals surface area contributed by atoms with Crippen molar-refractivity contribution in [3.05, 3.63) is 22.7 Å². The first-order valence-corrected chi connectivity index (χ1v) is 8.47. The van der Waals surface area contributed by atoms with Gasteiger partial charge in [0.15, 0.2) is 0 Å². The van der Waals surface area contributed by atoms with Crippen LogP contribution in [0.5, 0.6) is 5.75 Å². The molecule has 0 aliphatic carbocycles. The van der Waals surface area contributed by atoms with Gasteiger partial charge in [-0.05, 0) is 30.4 Å². The van der Waals surface area contributed by atoms with Crippen molar-refractivity contribution < 1.29 is 14.3 Å². The van der Waals surface area contributed by atoms with Crippen molar-refractivity contribution in [1.29, 1.82) is 0 Å². The van der Waals surface area contributed by atoms with E-state index in [1.54, 1.807) is 17.0 Å². The molecular formula is C18H27ClN2O3. The summed E-state index contributed by atoms with van der Waals surface area (Å²) < 4.78 is 5.23. The lowest BCUT2D eigenvalue weighted by Crippen LogP contribution is -2.43. The van der Waals surface area contributed by atoms with Gasteiger partial charge in [0.05, 0.1) is 12.8 Å². The average molecular weight is 355 g/mol. The molecule has 0 spiro atoms. The third-order valence-electron chi connectivity index (χ3n) is 3.38. The molecule has 1 aromatic rings. The minimum Gasteiger partial charge on any atom is -0.495 e. The summed E-state index contributed by atoms with van der Waals surface area (Å²) in [5, 5.41) is 3.18. The average Bonchev–Trinajstić information content (AvgIpc) is 2.48. The van der Waals surface area contributed by atoms with E-state index in [0.29, 0.717) is 29.5 Å². The van der Waals surface area contributed by atoms with Crippen LogP contribution >= 0.6 is 11.6 Å². The number of amides is 2. The lowest BCUT2D eigenvalue weighted by molar-refractivity contribution is -0.143. The number of methoxy groups -OCH3 is 1. The van der Waals surface area contributed by atoms with Crippen LogP contribution in [0.1, 0.15) is 33.3 Å². The fraction of sp³-hybridized carbons (Fsp3) is 0.556. The number of nitrogens with one attached hydrogen (secondary N) is 1. The molecule has 0 saturated carbocycles. The number of carbonyl (C=O) groups excluding carboxylic acids is 2. The van der Waals surface area contributed by atoms with Crippen LogP contribution in [0, 0.1) is 18.8 Å². The van der Waals surface area contributed by atoms with Gasteiger partial charge in [-0.3, -0.25) is 9.59 Å². The normalized spacial score (nSPS) is 10.9. The number of halogens is 1. The molecule has 1 N–H and O–H groups in total. The SMILES string of the molecule is COc1cc(Cl)c(C)cc1NC(=O)C(=O)N(CC(C)C)CC(C)C. The largest absolute Gasteiger partial charge is 0.495 e. The second-order valence-electron chi connectivity index (χ2n) is 6.75. The number of carbonyl (C=O) groups is 2. The van der Waals surface area contributed by atoms with Gasteiger partial charge in [0.25, 0.3) is 0 Å². The van der Waals surface area contributed by atoms with Gasteiger partial charge in [0, 0.05) is 24.2 Å². The van der Waals surface area contributed by atoms with E-state index in [1.807, 2.05) is 34.6 Å². The summed E-state index contributed by atoms with van der Waals surface area (Å²) in [7, 11) is 1.49. The number of aryl methyl sites for hydroxylation is 1. The van der Waals surface area contributed by atoms with Crippen LogP contribution in [-0.4, -0.2) is 36.9 Å². The summed E-state index contributed by atoms with van der Waals surface area (Å²) in [6.45, 7) is 11.0. The van der Waals surface area contributed by atoms with Gasteiger partial charge in [-0.2, -0.15) is 0 Å². The number of rotatable bonds is 6. The lowest BCUT2D eigenvalue weighted by Gasteiger charge is -2.26. The van der Waals surface area contributed by atoms with Crippen LogP contribution in [0.15, 0.2) is 12.1 Å². The Labute approximate surface area is 149 Å². The zero-order valence-electron chi connectivity index (χ0n) is 15.3. The molecule has 134 valence electrons. The van der Waals surface area contributed by atoms with Gasteiger partial charge in [0.2, 0.25) is 0 Å². The van der Waals surface area contributed by atoms with Gasteiger partial charge >= 0.3 is 11.8 Å². The molecule has 0 heterocycles. The fourth-order valence-electron chi connectivity index (χ4n) is 2.37. The summed E-state index contributed by atoms with van der Waals surface area (Å²) >= 11 is 6.06. The predicted octanol–water partition coefficient (Wildman–Crippen LogP) is 3.74. The second-order valence-corrected chi connectivity index (χ2v) is 7.16. The van der Waals surface area contributed by atoms with Gasteiger partial charge in [-0.25, -0.2) is 0 Å². The first kappa shape index (κ1) is 20.3. The van der Waals surface area contributed by atoms with Crippen molar-refractivity contribution >= 4 is 29.1 Å². The van der Waals surface area contributed by atoms with Crippen molar-refractivity contribution in [3.63, 3.8) is 0 Å². The van der Waals surface area contributed by atoms with Gasteiger partial charge in [0.1, 0.15) is 5.75 Å². The Morgan fingerprint density at radius 2 is 1.71 bits per heavy atom. The molecule has 0 atom stereocenters. The molecule has 1 aromatic carbocycles. The van der Waals surface area contributed by atoms with Gasteiger partial charge in [-0.1, -0.05) is 39.3 Å². The molecule has 0 aliphatic heterocycles. The van der Waals surface area contributed by atoms with Crippen LogP contribution in [-0.2, 0) is 9.59 Å². The lowest BCUT2D eigenvalue weighted by atomic mass is 10.1. The van der Waals surface area contributed by atoms with E-state index in [0.717, 1.165) is 5.56 Å². The summed E-state index contributed by atoms with van der Waals surface area (Å²) in [4.78, 5) is 26.5. The molecular weight excluding hydrogens is 328 g/mol. The monoisotopic (exact) mass is 354 g/mol. The summed E-state index contributed by atoms with van der Waals surface area (Å²) in [6, 6.07) is 3.32. The maximum Gasteiger partial charge on any atom is 0.314 e. The predicted molar refractivity (Wildman–Crippen MR) is 97.6 cm³/mol. The third-order valence-corrected chi connectivity index (χ3v) is 3.79. The Balaban J connectivity index is 2.96. The Morgan fingerprint density at radius 1 is 1.17 bits per heavy atom. The van der Waals surface area contributed by atoms with E-state index >= 15 is 0 Å². The van der Waals surface area contributed by atoms with E-state index in [-0.39, 0.29) is 11.8 Å². The molecule has 6 heteroatoms. The van der Waals surface area contributed by atoms with Crippen molar-refractivity contribution in [2.24, 2.45) is 11.8 Å². The highest BCUT2D eigenvalue weighted by molar-refractivity contribution is 6.39. The zero-order valence-corrected chi connectivity index (χ0v) is 16.0. The van der Waals surface area contributed by atoms with Crippen molar-refractivity contribution in [2.75, 3.05) is 25.5 Å². The van der Waals surface area contributed by atoms with Crippen LogP contribution in [0.25, 0.3) is 0 Å². The van der Waals surface area contributed by atoms with Gasteiger partial charge in [-0.15, -0.1) is 0 Å².